The van der Waals surface area contributed by atoms with Gasteiger partial charge in [-0.15, -0.1) is 0 Å². The van der Waals surface area contributed by atoms with E-state index in [4.69, 9.17) is 5.73 Å². The van der Waals surface area contributed by atoms with Crippen LogP contribution >= 0.6 is 0 Å². The molecule has 1 aliphatic carbocycles. The van der Waals surface area contributed by atoms with Gasteiger partial charge in [-0.3, -0.25) is 0 Å². The summed E-state index contributed by atoms with van der Waals surface area (Å²) in [4.78, 5) is 0.246. The van der Waals surface area contributed by atoms with E-state index >= 15 is 0 Å². The standard InChI is InChI=1S/C15H24N2O2S/c1-10-5-4-6-13(9-10)17-20(18,19)15-12(3)11(2)7-8-14(15)16/h7-8,10,13,17H,4-6,9,16H2,1-3H3. The predicted molar refractivity (Wildman–Crippen MR) is 82.1 cm³/mol. The molecule has 2 rings (SSSR count). The van der Waals surface area contributed by atoms with E-state index in [1.54, 1.807) is 6.07 Å². The average Bonchev–Trinajstić information content (AvgIpc) is 2.33. The van der Waals surface area contributed by atoms with E-state index in [9.17, 15) is 8.42 Å². The maximum absolute atomic E-state index is 12.6. The fourth-order valence-corrected chi connectivity index (χ4v) is 4.70. The summed E-state index contributed by atoms with van der Waals surface area (Å²) in [5.41, 5.74) is 7.89. The van der Waals surface area contributed by atoms with Gasteiger partial charge in [-0.05, 0) is 49.8 Å². The zero-order chi connectivity index (χ0) is 14.9. The van der Waals surface area contributed by atoms with Crippen molar-refractivity contribution in [2.24, 2.45) is 5.92 Å². The van der Waals surface area contributed by atoms with Gasteiger partial charge >= 0.3 is 0 Å². The highest BCUT2D eigenvalue weighted by atomic mass is 32.2. The number of nitrogens with two attached hydrogens (primary N) is 1. The van der Waals surface area contributed by atoms with Gasteiger partial charge in [-0.2, -0.15) is 0 Å². The van der Waals surface area contributed by atoms with Crippen LogP contribution in [0.25, 0.3) is 0 Å². The Morgan fingerprint density at radius 3 is 2.60 bits per heavy atom. The third kappa shape index (κ3) is 3.15. The second-order valence-electron chi connectivity index (χ2n) is 6.02. The first kappa shape index (κ1) is 15.3. The summed E-state index contributed by atoms with van der Waals surface area (Å²) in [6.07, 6.45) is 4.08. The summed E-state index contributed by atoms with van der Waals surface area (Å²) in [7, 11) is -3.54. The molecule has 4 nitrogen and oxygen atoms in total. The van der Waals surface area contributed by atoms with Gasteiger partial charge in [0.15, 0.2) is 0 Å². The number of rotatable bonds is 3. The zero-order valence-corrected chi connectivity index (χ0v) is 13.3. The molecule has 1 aromatic carbocycles. The van der Waals surface area contributed by atoms with E-state index < -0.39 is 10.0 Å². The van der Waals surface area contributed by atoms with Crippen molar-refractivity contribution in [2.75, 3.05) is 5.73 Å². The smallest absolute Gasteiger partial charge is 0.243 e. The highest BCUT2D eigenvalue weighted by Gasteiger charge is 2.27. The summed E-state index contributed by atoms with van der Waals surface area (Å²) >= 11 is 0. The molecule has 5 heteroatoms. The Morgan fingerprint density at radius 2 is 1.95 bits per heavy atom. The molecule has 1 aliphatic rings. The van der Waals surface area contributed by atoms with Crippen LogP contribution in [0.4, 0.5) is 5.69 Å². The number of nitrogen functional groups attached to an aromatic ring is 1. The van der Waals surface area contributed by atoms with Crippen LogP contribution in [-0.4, -0.2) is 14.5 Å². The number of sulfonamides is 1. The molecule has 1 saturated carbocycles. The van der Waals surface area contributed by atoms with Gasteiger partial charge in [0.1, 0.15) is 4.90 Å². The van der Waals surface area contributed by atoms with Crippen molar-refractivity contribution in [1.82, 2.24) is 4.72 Å². The van der Waals surface area contributed by atoms with E-state index in [0.29, 0.717) is 11.6 Å². The third-order valence-corrected chi connectivity index (χ3v) is 5.96. The largest absolute Gasteiger partial charge is 0.398 e. The predicted octanol–water partition coefficient (Wildman–Crippen LogP) is 2.74. The lowest BCUT2D eigenvalue weighted by Crippen LogP contribution is -2.38. The molecule has 0 aliphatic heterocycles. The van der Waals surface area contributed by atoms with Crippen molar-refractivity contribution < 1.29 is 8.42 Å². The molecule has 112 valence electrons. The second kappa shape index (κ2) is 5.74. The van der Waals surface area contributed by atoms with Crippen molar-refractivity contribution in [3.63, 3.8) is 0 Å². The van der Waals surface area contributed by atoms with Crippen LogP contribution in [0.3, 0.4) is 0 Å². The van der Waals surface area contributed by atoms with Crippen LogP contribution < -0.4 is 10.5 Å². The lowest BCUT2D eigenvalue weighted by Gasteiger charge is -2.27. The highest BCUT2D eigenvalue weighted by Crippen LogP contribution is 2.28. The fourth-order valence-electron chi connectivity index (χ4n) is 2.99. The molecule has 1 fully saturated rings. The number of hydrogen-bond donors (Lipinski definition) is 2. The number of anilines is 1. The summed E-state index contributed by atoms with van der Waals surface area (Å²) in [6, 6.07) is 3.55. The highest BCUT2D eigenvalue weighted by molar-refractivity contribution is 7.89. The van der Waals surface area contributed by atoms with Crippen LogP contribution in [-0.2, 0) is 10.0 Å². The van der Waals surface area contributed by atoms with Crippen molar-refractivity contribution in [3.05, 3.63) is 23.3 Å². The second-order valence-corrected chi connectivity index (χ2v) is 7.67. The molecule has 1 aromatic rings. The van der Waals surface area contributed by atoms with Gasteiger partial charge in [0.2, 0.25) is 10.0 Å². The topological polar surface area (TPSA) is 72.2 Å². The number of nitrogens with one attached hydrogen (secondary N) is 1. The van der Waals surface area contributed by atoms with Crippen molar-refractivity contribution >= 4 is 15.7 Å². The molecular weight excluding hydrogens is 272 g/mol. The maximum atomic E-state index is 12.6. The van der Waals surface area contributed by atoms with E-state index in [0.717, 1.165) is 30.4 Å². The molecule has 2 unspecified atom stereocenters. The lowest BCUT2D eigenvalue weighted by atomic mass is 9.88. The Hall–Kier alpha value is -1.07. The molecule has 20 heavy (non-hydrogen) atoms. The summed E-state index contributed by atoms with van der Waals surface area (Å²) in [5, 5.41) is 0. The zero-order valence-electron chi connectivity index (χ0n) is 12.4. The summed E-state index contributed by atoms with van der Waals surface area (Å²) in [5.74, 6) is 0.576. The first-order chi connectivity index (χ1) is 9.31. The molecule has 0 bridgehead atoms. The fraction of sp³-hybridized carbons (Fsp3) is 0.600. The molecule has 0 amide bonds. The van der Waals surface area contributed by atoms with Gasteiger partial charge in [0, 0.05) is 6.04 Å². The minimum atomic E-state index is -3.54. The molecule has 0 aromatic heterocycles. The number of aryl methyl sites for hydroxylation is 1. The van der Waals surface area contributed by atoms with Gasteiger partial charge in [0.05, 0.1) is 5.69 Å². The van der Waals surface area contributed by atoms with Crippen LogP contribution in [0.2, 0.25) is 0 Å². The lowest BCUT2D eigenvalue weighted by molar-refractivity contribution is 0.327. The van der Waals surface area contributed by atoms with E-state index in [-0.39, 0.29) is 10.9 Å². The number of benzene rings is 1. The van der Waals surface area contributed by atoms with Crippen molar-refractivity contribution in [2.45, 2.75) is 57.4 Å². The quantitative estimate of drug-likeness (QED) is 0.842. The molecule has 0 heterocycles. The Labute approximate surface area is 121 Å². The van der Waals surface area contributed by atoms with Gasteiger partial charge in [-0.25, -0.2) is 13.1 Å². The van der Waals surface area contributed by atoms with E-state index in [2.05, 4.69) is 11.6 Å². The van der Waals surface area contributed by atoms with Crippen LogP contribution in [0.1, 0.15) is 43.7 Å². The van der Waals surface area contributed by atoms with Gasteiger partial charge < -0.3 is 5.73 Å². The van der Waals surface area contributed by atoms with E-state index in [1.165, 1.54) is 6.42 Å². The summed E-state index contributed by atoms with van der Waals surface area (Å²) < 4.78 is 28.1. The molecule has 2 atom stereocenters. The SMILES string of the molecule is Cc1ccc(N)c(S(=O)(=O)NC2CCCC(C)C2)c1C. The molecule has 0 radical (unpaired) electrons. The Balaban J connectivity index is 2.29. The van der Waals surface area contributed by atoms with E-state index in [1.807, 2.05) is 19.9 Å². The molecule has 0 spiro atoms. The molecule has 3 N–H and O–H groups in total. The molecule has 0 saturated heterocycles. The Bertz CT molecular complexity index is 596. The number of hydrogen-bond acceptors (Lipinski definition) is 3. The maximum Gasteiger partial charge on any atom is 0.243 e. The minimum absolute atomic E-state index is 0.0306. The summed E-state index contributed by atoms with van der Waals surface area (Å²) in [6.45, 7) is 5.88. The Morgan fingerprint density at radius 1 is 1.25 bits per heavy atom. The van der Waals surface area contributed by atoms with Crippen LogP contribution in [0.15, 0.2) is 17.0 Å². The van der Waals surface area contributed by atoms with Crippen molar-refractivity contribution in [1.29, 1.82) is 0 Å². The van der Waals surface area contributed by atoms with Crippen LogP contribution in [0, 0.1) is 19.8 Å². The third-order valence-electron chi connectivity index (χ3n) is 4.23. The average molecular weight is 296 g/mol. The van der Waals surface area contributed by atoms with Gasteiger partial charge in [0.25, 0.3) is 0 Å². The molecular formula is C15H24N2O2S. The normalized spacial score (nSPS) is 23.8. The monoisotopic (exact) mass is 296 g/mol. The minimum Gasteiger partial charge on any atom is -0.398 e. The van der Waals surface area contributed by atoms with Gasteiger partial charge in [-0.1, -0.05) is 25.8 Å². The first-order valence-corrected chi connectivity index (χ1v) is 8.67. The first-order valence-electron chi connectivity index (χ1n) is 7.19. The Kier molecular flexibility index (Phi) is 4.39. The van der Waals surface area contributed by atoms with Crippen molar-refractivity contribution in [3.8, 4) is 0 Å². The van der Waals surface area contributed by atoms with Crippen LogP contribution in [0.5, 0.6) is 0 Å².